The summed E-state index contributed by atoms with van der Waals surface area (Å²) in [4.78, 5) is 8.99. The van der Waals surface area contributed by atoms with Crippen LogP contribution in [-0.2, 0) is 6.54 Å². The minimum absolute atomic E-state index is 0.860. The Morgan fingerprint density at radius 1 is 1.35 bits per heavy atom. The third-order valence-electron chi connectivity index (χ3n) is 3.98. The molecule has 106 valence electrons. The maximum absolute atomic E-state index is 4.65. The van der Waals surface area contributed by atoms with Crippen molar-refractivity contribution in [2.45, 2.75) is 32.7 Å². The van der Waals surface area contributed by atoms with Gasteiger partial charge in [-0.2, -0.15) is 0 Å². The molecular weight excluding hydrogens is 266 g/mol. The minimum Gasteiger partial charge on any atom is -0.311 e. The van der Waals surface area contributed by atoms with Gasteiger partial charge in [0, 0.05) is 18.1 Å². The van der Waals surface area contributed by atoms with Crippen molar-refractivity contribution >= 4 is 11.3 Å². The van der Waals surface area contributed by atoms with Gasteiger partial charge in [0.1, 0.15) is 5.01 Å². The Morgan fingerprint density at radius 3 is 3.05 bits per heavy atom. The van der Waals surface area contributed by atoms with Crippen LogP contribution in [0.1, 0.15) is 31.9 Å². The molecule has 1 aliphatic rings. The minimum atomic E-state index is 0.860. The highest BCUT2D eigenvalue weighted by Crippen LogP contribution is 2.29. The van der Waals surface area contributed by atoms with E-state index in [0.717, 1.165) is 41.3 Å². The third-order valence-corrected chi connectivity index (χ3v) is 4.89. The van der Waals surface area contributed by atoms with Gasteiger partial charge in [0.05, 0.1) is 11.4 Å². The fraction of sp³-hybridized carbons (Fsp3) is 0.500. The van der Waals surface area contributed by atoms with Crippen molar-refractivity contribution in [3.8, 4) is 10.7 Å². The summed E-state index contributed by atoms with van der Waals surface area (Å²) in [6, 6.07) is 5.95. The first kappa shape index (κ1) is 13.7. The van der Waals surface area contributed by atoms with Gasteiger partial charge in [0.2, 0.25) is 0 Å². The van der Waals surface area contributed by atoms with E-state index in [4.69, 9.17) is 0 Å². The van der Waals surface area contributed by atoms with Crippen molar-refractivity contribution in [1.82, 2.24) is 15.3 Å². The summed E-state index contributed by atoms with van der Waals surface area (Å²) in [7, 11) is 0. The smallest absolute Gasteiger partial charge is 0.142 e. The molecule has 3 nitrogen and oxygen atoms in total. The van der Waals surface area contributed by atoms with Gasteiger partial charge in [0.15, 0.2) is 0 Å². The van der Waals surface area contributed by atoms with Crippen LogP contribution < -0.4 is 5.32 Å². The van der Waals surface area contributed by atoms with Crippen LogP contribution in [0.5, 0.6) is 0 Å². The predicted octanol–water partition coefficient (Wildman–Crippen LogP) is 3.73. The van der Waals surface area contributed by atoms with Crippen molar-refractivity contribution in [3.63, 3.8) is 0 Å². The molecule has 4 heteroatoms. The summed E-state index contributed by atoms with van der Waals surface area (Å²) in [6.07, 6.45) is 5.97. The zero-order valence-electron chi connectivity index (χ0n) is 11.9. The van der Waals surface area contributed by atoms with Crippen molar-refractivity contribution in [2.24, 2.45) is 11.8 Å². The standard InChI is InChI=1S/C16H21N3S/c1-12-5-6-13(8-12)9-17-10-14-11-20-16(19-14)15-4-2-3-7-18-15/h2-4,7,11-13,17H,5-6,8-10H2,1H3. The molecule has 0 amide bonds. The fourth-order valence-corrected chi connectivity index (χ4v) is 3.70. The van der Waals surface area contributed by atoms with Crippen LogP contribution >= 0.6 is 11.3 Å². The third kappa shape index (κ3) is 3.44. The first-order valence-electron chi connectivity index (χ1n) is 7.38. The molecule has 2 aromatic rings. The van der Waals surface area contributed by atoms with Crippen LogP contribution in [0.25, 0.3) is 10.7 Å². The van der Waals surface area contributed by atoms with Crippen LogP contribution in [0.4, 0.5) is 0 Å². The van der Waals surface area contributed by atoms with Gasteiger partial charge in [-0.3, -0.25) is 4.98 Å². The molecule has 2 atom stereocenters. The second-order valence-corrected chi connectivity index (χ2v) is 6.63. The highest BCUT2D eigenvalue weighted by Gasteiger charge is 2.20. The van der Waals surface area contributed by atoms with Gasteiger partial charge < -0.3 is 5.32 Å². The van der Waals surface area contributed by atoms with E-state index in [1.807, 2.05) is 24.4 Å². The average Bonchev–Trinajstić information content (AvgIpc) is 3.09. The SMILES string of the molecule is CC1CCC(CNCc2csc(-c3ccccn3)n2)C1. The molecule has 0 bridgehead atoms. The molecule has 1 N–H and O–H groups in total. The molecule has 1 saturated carbocycles. The maximum Gasteiger partial charge on any atom is 0.142 e. The first-order valence-corrected chi connectivity index (χ1v) is 8.26. The van der Waals surface area contributed by atoms with E-state index < -0.39 is 0 Å². The summed E-state index contributed by atoms with van der Waals surface area (Å²) < 4.78 is 0. The van der Waals surface area contributed by atoms with Crippen molar-refractivity contribution < 1.29 is 0 Å². The first-order chi connectivity index (χ1) is 9.81. The molecule has 3 rings (SSSR count). The number of rotatable bonds is 5. The topological polar surface area (TPSA) is 37.8 Å². The Balaban J connectivity index is 1.50. The quantitative estimate of drug-likeness (QED) is 0.910. The Bertz CT molecular complexity index is 538. The molecule has 2 heterocycles. The van der Waals surface area contributed by atoms with E-state index in [1.54, 1.807) is 11.3 Å². The van der Waals surface area contributed by atoms with E-state index >= 15 is 0 Å². The van der Waals surface area contributed by atoms with E-state index in [2.05, 4.69) is 27.6 Å². The average molecular weight is 287 g/mol. The van der Waals surface area contributed by atoms with E-state index in [1.165, 1.54) is 19.3 Å². The predicted molar refractivity (Wildman–Crippen MR) is 83.6 cm³/mol. The Hall–Kier alpha value is -1.26. The lowest BCUT2D eigenvalue weighted by Crippen LogP contribution is -2.21. The normalized spacial score (nSPS) is 22.2. The van der Waals surface area contributed by atoms with E-state index in [0.29, 0.717) is 0 Å². The molecule has 2 aromatic heterocycles. The zero-order chi connectivity index (χ0) is 13.8. The van der Waals surface area contributed by atoms with Crippen molar-refractivity contribution in [1.29, 1.82) is 0 Å². The fourth-order valence-electron chi connectivity index (χ4n) is 2.91. The van der Waals surface area contributed by atoms with Crippen LogP contribution in [0.15, 0.2) is 29.8 Å². The monoisotopic (exact) mass is 287 g/mol. The lowest BCUT2D eigenvalue weighted by atomic mass is 10.1. The number of thiazole rings is 1. The van der Waals surface area contributed by atoms with Crippen molar-refractivity contribution in [2.75, 3.05) is 6.54 Å². The van der Waals surface area contributed by atoms with Crippen LogP contribution in [0, 0.1) is 11.8 Å². The highest BCUT2D eigenvalue weighted by molar-refractivity contribution is 7.13. The van der Waals surface area contributed by atoms with Gasteiger partial charge in [-0.1, -0.05) is 19.4 Å². The number of pyridine rings is 1. The molecule has 1 aliphatic carbocycles. The largest absolute Gasteiger partial charge is 0.311 e. The van der Waals surface area contributed by atoms with Gasteiger partial charge in [-0.05, 0) is 43.4 Å². The van der Waals surface area contributed by atoms with E-state index in [-0.39, 0.29) is 0 Å². The molecule has 2 unspecified atom stereocenters. The molecule has 0 aliphatic heterocycles. The van der Waals surface area contributed by atoms with Gasteiger partial charge >= 0.3 is 0 Å². The molecule has 0 aromatic carbocycles. The van der Waals surface area contributed by atoms with Crippen LogP contribution in [0.2, 0.25) is 0 Å². The van der Waals surface area contributed by atoms with Crippen LogP contribution in [-0.4, -0.2) is 16.5 Å². The lowest BCUT2D eigenvalue weighted by molar-refractivity contribution is 0.469. The molecule has 20 heavy (non-hydrogen) atoms. The number of hydrogen-bond donors (Lipinski definition) is 1. The van der Waals surface area contributed by atoms with Gasteiger partial charge in [0.25, 0.3) is 0 Å². The Kier molecular flexibility index (Phi) is 4.43. The molecule has 0 radical (unpaired) electrons. The van der Waals surface area contributed by atoms with Gasteiger partial charge in [-0.25, -0.2) is 4.98 Å². The lowest BCUT2D eigenvalue weighted by Gasteiger charge is -2.09. The molecule has 0 saturated heterocycles. The summed E-state index contributed by atoms with van der Waals surface area (Å²) >= 11 is 1.67. The Morgan fingerprint density at radius 2 is 2.30 bits per heavy atom. The number of aromatic nitrogens is 2. The second kappa shape index (κ2) is 6.46. The summed E-state index contributed by atoms with van der Waals surface area (Å²) in [5.41, 5.74) is 2.09. The van der Waals surface area contributed by atoms with Gasteiger partial charge in [-0.15, -0.1) is 11.3 Å². The zero-order valence-corrected chi connectivity index (χ0v) is 12.7. The van der Waals surface area contributed by atoms with Crippen molar-refractivity contribution in [3.05, 3.63) is 35.5 Å². The maximum atomic E-state index is 4.65. The highest BCUT2D eigenvalue weighted by atomic mass is 32.1. The second-order valence-electron chi connectivity index (χ2n) is 5.77. The number of nitrogens with one attached hydrogen (secondary N) is 1. The summed E-state index contributed by atoms with van der Waals surface area (Å²) in [6.45, 7) is 4.36. The summed E-state index contributed by atoms with van der Waals surface area (Å²) in [5, 5.41) is 6.70. The number of nitrogens with zero attached hydrogens (tertiary/aromatic N) is 2. The molecular formula is C16H21N3S. The molecule has 1 fully saturated rings. The Labute approximate surface area is 124 Å². The van der Waals surface area contributed by atoms with Crippen LogP contribution in [0.3, 0.4) is 0 Å². The summed E-state index contributed by atoms with van der Waals surface area (Å²) in [5.74, 6) is 1.77. The number of hydrogen-bond acceptors (Lipinski definition) is 4. The van der Waals surface area contributed by atoms with E-state index in [9.17, 15) is 0 Å². The molecule has 0 spiro atoms.